The molecule has 0 aliphatic heterocycles. The van der Waals surface area contributed by atoms with Crippen LogP contribution >= 0.6 is 0 Å². The van der Waals surface area contributed by atoms with Crippen LogP contribution in [0.1, 0.15) is 23.7 Å². The fraction of sp³-hybridized carbons (Fsp3) is 0.462. The molecule has 0 aromatic heterocycles. The standard InChI is InChI=1S/C13H20N2O4/c1-4-8(7-16)15-13(17)9-5-11(18-2)12(19-3)6-10(9)14/h5-6,8,16H,4,7,14H2,1-3H3,(H,15,17)/t8-/m1/s1. The summed E-state index contributed by atoms with van der Waals surface area (Å²) in [6.07, 6.45) is 0.634. The number of nitrogens with two attached hydrogens (primary N) is 1. The van der Waals surface area contributed by atoms with Crippen molar-refractivity contribution in [2.24, 2.45) is 0 Å². The van der Waals surface area contributed by atoms with E-state index in [1.165, 1.54) is 26.4 Å². The number of nitrogen functional groups attached to an aromatic ring is 1. The third kappa shape index (κ3) is 3.51. The van der Waals surface area contributed by atoms with E-state index < -0.39 is 0 Å². The number of benzene rings is 1. The van der Waals surface area contributed by atoms with Crippen LogP contribution in [0.4, 0.5) is 5.69 Å². The Bertz CT molecular complexity index is 445. The van der Waals surface area contributed by atoms with Crippen molar-refractivity contribution < 1.29 is 19.4 Å². The Balaban J connectivity index is 3.03. The Morgan fingerprint density at radius 2 is 1.95 bits per heavy atom. The van der Waals surface area contributed by atoms with Gasteiger partial charge < -0.3 is 25.6 Å². The van der Waals surface area contributed by atoms with Crippen LogP contribution in [0.3, 0.4) is 0 Å². The molecule has 0 spiro atoms. The molecule has 6 nitrogen and oxygen atoms in total. The van der Waals surface area contributed by atoms with Crippen LogP contribution in [0, 0.1) is 0 Å². The molecule has 0 radical (unpaired) electrons. The lowest BCUT2D eigenvalue weighted by Gasteiger charge is -2.16. The van der Waals surface area contributed by atoms with Gasteiger partial charge in [0.2, 0.25) is 0 Å². The van der Waals surface area contributed by atoms with Gasteiger partial charge in [0.15, 0.2) is 11.5 Å². The van der Waals surface area contributed by atoms with Crippen molar-refractivity contribution in [3.63, 3.8) is 0 Å². The lowest BCUT2D eigenvalue weighted by molar-refractivity contribution is 0.0915. The topological polar surface area (TPSA) is 93.8 Å². The number of amides is 1. The number of carbonyl (C=O) groups is 1. The summed E-state index contributed by atoms with van der Waals surface area (Å²) in [4.78, 5) is 12.1. The zero-order chi connectivity index (χ0) is 14.4. The first kappa shape index (κ1) is 15.1. The zero-order valence-corrected chi connectivity index (χ0v) is 11.4. The number of nitrogens with one attached hydrogen (secondary N) is 1. The average Bonchev–Trinajstić information content (AvgIpc) is 2.43. The number of hydrogen-bond acceptors (Lipinski definition) is 5. The number of aliphatic hydroxyl groups is 1. The monoisotopic (exact) mass is 268 g/mol. The molecule has 1 aromatic carbocycles. The molecule has 0 aliphatic carbocycles. The molecule has 106 valence electrons. The second kappa shape index (κ2) is 6.84. The normalized spacial score (nSPS) is 11.8. The molecule has 19 heavy (non-hydrogen) atoms. The molecule has 4 N–H and O–H groups in total. The smallest absolute Gasteiger partial charge is 0.253 e. The van der Waals surface area contributed by atoms with Gasteiger partial charge in [0, 0.05) is 11.8 Å². The number of hydrogen-bond donors (Lipinski definition) is 3. The number of rotatable bonds is 6. The van der Waals surface area contributed by atoms with Crippen LogP contribution in [-0.4, -0.2) is 37.9 Å². The predicted octanol–water partition coefficient (Wildman–Crippen LogP) is 0.787. The first-order chi connectivity index (χ1) is 9.07. The molecular formula is C13H20N2O4. The van der Waals surface area contributed by atoms with E-state index in [1.807, 2.05) is 6.92 Å². The van der Waals surface area contributed by atoms with Crippen molar-refractivity contribution in [2.75, 3.05) is 26.6 Å². The van der Waals surface area contributed by atoms with Gasteiger partial charge in [-0.25, -0.2) is 0 Å². The van der Waals surface area contributed by atoms with E-state index >= 15 is 0 Å². The van der Waals surface area contributed by atoms with Crippen LogP contribution in [0.5, 0.6) is 11.5 Å². The van der Waals surface area contributed by atoms with Crippen molar-refractivity contribution in [2.45, 2.75) is 19.4 Å². The first-order valence-corrected chi connectivity index (χ1v) is 6.00. The number of anilines is 1. The van der Waals surface area contributed by atoms with E-state index in [9.17, 15) is 4.79 Å². The Labute approximate surface area is 112 Å². The van der Waals surface area contributed by atoms with E-state index in [2.05, 4.69) is 5.32 Å². The van der Waals surface area contributed by atoms with Gasteiger partial charge in [0.1, 0.15) is 0 Å². The van der Waals surface area contributed by atoms with Crippen LogP contribution < -0.4 is 20.5 Å². The quantitative estimate of drug-likeness (QED) is 0.663. The van der Waals surface area contributed by atoms with Gasteiger partial charge in [-0.1, -0.05) is 6.92 Å². The van der Waals surface area contributed by atoms with E-state index in [1.54, 1.807) is 0 Å². The summed E-state index contributed by atoms with van der Waals surface area (Å²) >= 11 is 0. The number of aliphatic hydroxyl groups excluding tert-OH is 1. The molecule has 0 aliphatic rings. The SMILES string of the molecule is CC[C@H](CO)NC(=O)c1cc(OC)c(OC)cc1N. The van der Waals surface area contributed by atoms with Gasteiger partial charge in [0.25, 0.3) is 5.91 Å². The molecule has 1 amide bonds. The van der Waals surface area contributed by atoms with Gasteiger partial charge in [-0.15, -0.1) is 0 Å². The zero-order valence-electron chi connectivity index (χ0n) is 11.4. The molecule has 1 aromatic rings. The minimum atomic E-state index is -0.348. The highest BCUT2D eigenvalue weighted by atomic mass is 16.5. The molecule has 0 fully saturated rings. The molecule has 1 rings (SSSR count). The summed E-state index contributed by atoms with van der Waals surface area (Å²) < 4.78 is 10.2. The molecule has 0 saturated carbocycles. The van der Waals surface area contributed by atoms with Crippen LogP contribution in [0.25, 0.3) is 0 Å². The van der Waals surface area contributed by atoms with Crippen LogP contribution in [0.15, 0.2) is 12.1 Å². The highest BCUT2D eigenvalue weighted by molar-refractivity contribution is 6.00. The van der Waals surface area contributed by atoms with Gasteiger partial charge in [0.05, 0.1) is 32.4 Å². The van der Waals surface area contributed by atoms with Gasteiger partial charge in [-0.05, 0) is 12.5 Å². The fourth-order valence-electron chi connectivity index (χ4n) is 1.63. The maximum absolute atomic E-state index is 12.1. The van der Waals surface area contributed by atoms with Crippen molar-refractivity contribution in [3.8, 4) is 11.5 Å². The number of ether oxygens (including phenoxy) is 2. The average molecular weight is 268 g/mol. The van der Waals surface area contributed by atoms with Crippen molar-refractivity contribution in [1.29, 1.82) is 0 Å². The molecule has 0 bridgehead atoms. The largest absolute Gasteiger partial charge is 0.493 e. The molecule has 0 saturated heterocycles. The minimum Gasteiger partial charge on any atom is -0.493 e. The third-order valence-electron chi connectivity index (χ3n) is 2.85. The first-order valence-electron chi connectivity index (χ1n) is 6.00. The fourth-order valence-corrected chi connectivity index (χ4v) is 1.63. The maximum Gasteiger partial charge on any atom is 0.253 e. The lowest BCUT2D eigenvalue weighted by Crippen LogP contribution is -2.37. The molecule has 1 atom stereocenters. The van der Waals surface area contributed by atoms with Crippen molar-refractivity contribution >= 4 is 11.6 Å². The van der Waals surface area contributed by atoms with E-state index in [0.717, 1.165) is 0 Å². The minimum absolute atomic E-state index is 0.116. The Hall–Kier alpha value is -1.95. The van der Waals surface area contributed by atoms with E-state index in [-0.39, 0.29) is 18.6 Å². The third-order valence-corrected chi connectivity index (χ3v) is 2.85. The Kier molecular flexibility index (Phi) is 5.44. The molecular weight excluding hydrogens is 248 g/mol. The van der Waals surface area contributed by atoms with Gasteiger partial charge >= 0.3 is 0 Å². The second-order valence-electron chi connectivity index (χ2n) is 4.06. The number of methoxy groups -OCH3 is 2. The number of carbonyl (C=O) groups excluding carboxylic acids is 1. The van der Waals surface area contributed by atoms with Gasteiger partial charge in [-0.3, -0.25) is 4.79 Å². The summed E-state index contributed by atoms with van der Waals surface area (Å²) in [5.41, 5.74) is 6.41. The summed E-state index contributed by atoms with van der Waals surface area (Å²) in [7, 11) is 2.98. The Morgan fingerprint density at radius 3 is 2.42 bits per heavy atom. The molecule has 0 unspecified atom stereocenters. The van der Waals surface area contributed by atoms with Crippen molar-refractivity contribution in [3.05, 3.63) is 17.7 Å². The molecule has 6 heteroatoms. The summed E-state index contributed by atoms with van der Waals surface area (Å²) in [5, 5.41) is 11.8. The lowest BCUT2D eigenvalue weighted by atomic mass is 10.1. The maximum atomic E-state index is 12.1. The van der Waals surface area contributed by atoms with E-state index in [0.29, 0.717) is 29.2 Å². The van der Waals surface area contributed by atoms with Crippen LogP contribution in [-0.2, 0) is 0 Å². The highest BCUT2D eigenvalue weighted by Gasteiger charge is 2.17. The Morgan fingerprint density at radius 1 is 1.37 bits per heavy atom. The predicted molar refractivity (Wildman–Crippen MR) is 72.6 cm³/mol. The second-order valence-corrected chi connectivity index (χ2v) is 4.06. The summed E-state index contributed by atoms with van der Waals surface area (Å²) in [6.45, 7) is 1.76. The molecule has 0 heterocycles. The van der Waals surface area contributed by atoms with E-state index in [4.69, 9.17) is 20.3 Å². The van der Waals surface area contributed by atoms with Crippen LogP contribution in [0.2, 0.25) is 0 Å². The summed E-state index contributed by atoms with van der Waals surface area (Å²) in [6, 6.07) is 2.77. The van der Waals surface area contributed by atoms with Crippen molar-refractivity contribution in [1.82, 2.24) is 5.32 Å². The summed E-state index contributed by atoms with van der Waals surface area (Å²) in [5.74, 6) is 0.545. The van der Waals surface area contributed by atoms with Gasteiger partial charge in [-0.2, -0.15) is 0 Å². The highest BCUT2D eigenvalue weighted by Crippen LogP contribution is 2.31.